The van der Waals surface area contributed by atoms with Crippen LogP contribution in [0.2, 0.25) is 0 Å². The summed E-state index contributed by atoms with van der Waals surface area (Å²) >= 11 is 0. The van der Waals surface area contributed by atoms with Crippen LogP contribution in [0.4, 0.5) is 0 Å². The van der Waals surface area contributed by atoms with Crippen LogP contribution in [0.15, 0.2) is 12.1 Å². The van der Waals surface area contributed by atoms with Crippen molar-refractivity contribution in [3.8, 4) is 5.75 Å². The smallest absolute Gasteiger partial charge is 0.124 e. The molecule has 0 spiro atoms. The summed E-state index contributed by atoms with van der Waals surface area (Å²) in [7, 11) is 1.73. The summed E-state index contributed by atoms with van der Waals surface area (Å²) in [5.74, 6) is 1.02. The van der Waals surface area contributed by atoms with Crippen molar-refractivity contribution < 1.29 is 4.74 Å². The van der Waals surface area contributed by atoms with Crippen LogP contribution in [-0.4, -0.2) is 13.2 Å². The lowest BCUT2D eigenvalue weighted by molar-refractivity contribution is 0.287. The summed E-state index contributed by atoms with van der Waals surface area (Å²) in [5, 5.41) is 3.51. The molecule has 0 amide bonds. The predicted molar refractivity (Wildman–Crippen MR) is 62.4 cm³/mol. The van der Waals surface area contributed by atoms with Crippen molar-refractivity contribution in [2.45, 2.75) is 39.3 Å². The van der Waals surface area contributed by atoms with Crippen molar-refractivity contribution in [2.75, 3.05) is 7.11 Å². The molecule has 0 aromatic heterocycles. The van der Waals surface area contributed by atoms with E-state index < -0.39 is 0 Å². The van der Waals surface area contributed by atoms with E-state index in [1.54, 1.807) is 7.11 Å². The van der Waals surface area contributed by atoms with Gasteiger partial charge in [0.25, 0.3) is 0 Å². The standard InChI is InChI=1S/C13H19NO/c1-8-5-11(12-7-10(3)14-12)6-9(2)13(8)15-4/h5-6,10,12,14H,7H2,1-4H3. The third-order valence-corrected chi connectivity index (χ3v) is 3.16. The van der Waals surface area contributed by atoms with Gasteiger partial charge in [0.2, 0.25) is 0 Å². The molecule has 1 aliphatic heterocycles. The Hall–Kier alpha value is -1.02. The molecule has 1 saturated heterocycles. The van der Waals surface area contributed by atoms with Crippen LogP contribution in [0, 0.1) is 13.8 Å². The molecular weight excluding hydrogens is 186 g/mol. The quantitative estimate of drug-likeness (QED) is 0.801. The molecule has 1 fully saturated rings. The summed E-state index contributed by atoms with van der Waals surface area (Å²) < 4.78 is 5.36. The lowest BCUT2D eigenvalue weighted by Crippen LogP contribution is -2.43. The normalized spacial score (nSPS) is 24.8. The first kappa shape index (κ1) is 10.5. The van der Waals surface area contributed by atoms with Crippen LogP contribution in [0.3, 0.4) is 0 Å². The van der Waals surface area contributed by atoms with Gasteiger partial charge in [-0.25, -0.2) is 0 Å². The second-order valence-electron chi connectivity index (χ2n) is 4.54. The highest BCUT2D eigenvalue weighted by Crippen LogP contribution is 2.32. The Kier molecular flexibility index (Phi) is 2.70. The van der Waals surface area contributed by atoms with Gasteiger partial charge < -0.3 is 10.1 Å². The second kappa shape index (κ2) is 3.86. The van der Waals surface area contributed by atoms with Gasteiger partial charge >= 0.3 is 0 Å². The van der Waals surface area contributed by atoms with Gasteiger partial charge in [0.05, 0.1) is 7.11 Å². The van der Waals surface area contributed by atoms with Crippen molar-refractivity contribution in [3.63, 3.8) is 0 Å². The number of methoxy groups -OCH3 is 1. The SMILES string of the molecule is COc1c(C)cc(C2CC(C)N2)cc1C. The fourth-order valence-corrected chi connectivity index (χ4v) is 2.41. The molecule has 82 valence electrons. The van der Waals surface area contributed by atoms with Gasteiger partial charge in [0.15, 0.2) is 0 Å². The number of ether oxygens (including phenoxy) is 1. The maximum absolute atomic E-state index is 5.36. The summed E-state index contributed by atoms with van der Waals surface area (Å²) in [4.78, 5) is 0. The maximum atomic E-state index is 5.36. The summed E-state index contributed by atoms with van der Waals surface area (Å²) in [5.41, 5.74) is 3.85. The number of rotatable bonds is 2. The van der Waals surface area contributed by atoms with Crippen molar-refractivity contribution in [1.29, 1.82) is 0 Å². The van der Waals surface area contributed by atoms with E-state index in [0.717, 1.165) is 5.75 Å². The van der Waals surface area contributed by atoms with Gasteiger partial charge in [-0.05, 0) is 43.9 Å². The first-order valence-electron chi connectivity index (χ1n) is 5.53. The van der Waals surface area contributed by atoms with E-state index in [9.17, 15) is 0 Å². The van der Waals surface area contributed by atoms with Crippen LogP contribution >= 0.6 is 0 Å². The third-order valence-electron chi connectivity index (χ3n) is 3.16. The number of nitrogens with one attached hydrogen (secondary N) is 1. The minimum Gasteiger partial charge on any atom is -0.496 e. The van der Waals surface area contributed by atoms with Crippen molar-refractivity contribution in [3.05, 3.63) is 28.8 Å². The lowest BCUT2D eigenvalue weighted by atomic mass is 9.90. The first-order chi connectivity index (χ1) is 7.11. The van der Waals surface area contributed by atoms with Crippen LogP contribution in [0.5, 0.6) is 5.75 Å². The Bertz CT molecular complexity index is 344. The average molecular weight is 205 g/mol. The molecule has 2 unspecified atom stereocenters. The molecule has 0 saturated carbocycles. The molecule has 0 radical (unpaired) electrons. The van der Waals surface area contributed by atoms with Gasteiger partial charge in [-0.2, -0.15) is 0 Å². The van der Waals surface area contributed by atoms with Crippen molar-refractivity contribution in [1.82, 2.24) is 5.32 Å². The molecule has 0 bridgehead atoms. The fraction of sp³-hybridized carbons (Fsp3) is 0.538. The van der Waals surface area contributed by atoms with E-state index in [-0.39, 0.29) is 0 Å². The Balaban J connectivity index is 2.27. The molecule has 1 aliphatic rings. The van der Waals surface area contributed by atoms with Crippen molar-refractivity contribution in [2.24, 2.45) is 0 Å². The van der Waals surface area contributed by atoms with E-state index in [1.165, 1.54) is 23.1 Å². The monoisotopic (exact) mass is 205 g/mol. The molecule has 2 nitrogen and oxygen atoms in total. The average Bonchev–Trinajstić information content (AvgIpc) is 2.12. The zero-order valence-corrected chi connectivity index (χ0v) is 9.92. The predicted octanol–water partition coefficient (Wildman–Crippen LogP) is 2.73. The molecular formula is C13H19NO. The molecule has 0 aliphatic carbocycles. The van der Waals surface area contributed by atoms with Gasteiger partial charge in [0, 0.05) is 12.1 Å². The molecule has 1 aromatic carbocycles. The Morgan fingerprint density at radius 2 is 1.80 bits per heavy atom. The summed E-state index contributed by atoms with van der Waals surface area (Å²) in [6, 6.07) is 5.67. The highest BCUT2D eigenvalue weighted by atomic mass is 16.5. The van der Waals surface area contributed by atoms with Crippen molar-refractivity contribution >= 4 is 0 Å². The van der Waals surface area contributed by atoms with Crippen LogP contribution in [0.25, 0.3) is 0 Å². The maximum Gasteiger partial charge on any atom is 0.124 e. The number of aryl methyl sites for hydroxylation is 2. The van der Waals surface area contributed by atoms with E-state index in [2.05, 4.69) is 38.2 Å². The minimum absolute atomic E-state index is 0.545. The molecule has 1 N–H and O–H groups in total. The minimum atomic E-state index is 0.545. The topological polar surface area (TPSA) is 21.3 Å². The highest BCUT2D eigenvalue weighted by Gasteiger charge is 2.26. The Labute approximate surface area is 91.6 Å². The lowest BCUT2D eigenvalue weighted by Gasteiger charge is -2.35. The van der Waals surface area contributed by atoms with E-state index >= 15 is 0 Å². The van der Waals surface area contributed by atoms with Crippen LogP contribution in [-0.2, 0) is 0 Å². The zero-order chi connectivity index (χ0) is 11.0. The molecule has 2 rings (SSSR count). The van der Waals surface area contributed by atoms with E-state index in [4.69, 9.17) is 4.74 Å². The molecule has 2 heteroatoms. The summed E-state index contributed by atoms with van der Waals surface area (Å²) in [6.07, 6.45) is 1.24. The summed E-state index contributed by atoms with van der Waals surface area (Å²) in [6.45, 7) is 6.44. The van der Waals surface area contributed by atoms with Gasteiger partial charge in [-0.15, -0.1) is 0 Å². The highest BCUT2D eigenvalue weighted by molar-refractivity contribution is 5.44. The first-order valence-corrected chi connectivity index (χ1v) is 5.53. The Morgan fingerprint density at radius 1 is 1.27 bits per heavy atom. The van der Waals surface area contributed by atoms with Crippen LogP contribution in [0.1, 0.15) is 36.1 Å². The van der Waals surface area contributed by atoms with Gasteiger partial charge in [-0.1, -0.05) is 12.1 Å². The third kappa shape index (κ3) is 1.86. The van der Waals surface area contributed by atoms with Gasteiger partial charge in [0.1, 0.15) is 5.75 Å². The van der Waals surface area contributed by atoms with E-state index in [0.29, 0.717) is 12.1 Å². The molecule has 1 heterocycles. The molecule has 15 heavy (non-hydrogen) atoms. The van der Waals surface area contributed by atoms with Gasteiger partial charge in [-0.3, -0.25) is 0 Å². The molecule has 1 aromatic rings. The number of benzene rings is 1. The largest absolute Gasteiger partial charge is 0.496 e. The number of hydrogen-bond donors (Lipinski definition) is 1. The zero-order valence-electron chi connectivity index (χ0n) is 9.92. The Morgan fingerprint density at radius 3 is 2.20 bits per heavy atom. The fourth-order valence-electron chi connectivity index (χ4n) is 2.41. The van der Waals surface area contributed by atoms with Crippen LogP contribution < -0.4 is 10.1 Å². The van der Waals surface area contributed by atoms with E-state index in [1.807, 2.05) is 0 Å². The number of hydrogen-bond acceptors (Lipinski definition) is 2. The molecule has 2 atom stereocenters. The second-order valence-corrected chi connectivity index (χ2v) is 4.54.